The first-order valence-electron chi connectivity index (χ1n) is 25.7. The number of fused-ring (bicyclic) bond motifs is 2. The Labute approximate surface area is 377 Å². The summed E-state index contributed by atoms with van der Waals surface area (Å²) >= 11 is 0. The fourth-order valence-electron chi connectivity index (χ4n) is 9.73. The lowest BCUT2D eigenvalue weighted by Gasteiger charge is -2.21. The molecular weight excluding hydrogens is 761 g/mol. The molecule has 0 fully saturated rings. The van der Waals surface area contributed by atoms with Crippen LogP contribution in [-0.4, -0.2) is 11.9 Å². The van der Waals surface area contributed by atoms with Gasteiger partial charge in [0.05, 0.1) is 11.1 Å². The highest BCUT2D eigenvalue weighted by atomic mass is 16.6. The van der Waals surface area contributed by atoms with Gasteiger partial charge in [-0.25, -0.2) is 9.59 Å². The van der Waals surface area contributed by atoms with E-state index in [1.165, 1.54) is 175 Å². The highest BCUT2D eigenvalue weighted by molar-refractivity contribution is 6.03. The standard InChI is InChI=1S/C58H82O4/c1-5-9-13-17-21-25-31-45-37-39-47(33-27-23-19-15-11-7-3)55-49(45)41-43-53(55)61-57(59)51-35-29-30-36-52(51)58(60)62-54-44-42-50-46(32-26-22-18-14-10-6-2)38-40-48(56(50)54)34-28-24-20-16-12-8-4/h29-30,35-44,53-54H,5-28,31-34H2,1-4H3. The number of rotatable bonds is 32. The summed E-state index contributed by atoms with van der Waals surface area (Å²) in [6.45, 7) is 9.05. The highest BCUT2D eigenvalue weighted by Crippen LogP contribution is 2.40. The monoisotopic (exact) mass is 843 g/mol. The van der Waals surface area contributed by atoms with E-state index >= 15 is 0 Å². The van der Waals surface area contributed by atoms with Crippen molar-refractivity contribution < 1.29 is 19.1 Å². The molecule has 5 rings (SSSR count). The first-order valence-corrected chi connectivity index (χ1v) is 25.7. The molecule has 2 unspecified atom stereocenters. The number of hydrogen-bond acceptors (Lipinski definition) is 4. The van der Waals surface area contributed by atoms with Crippen molar-refractivity contribution in [3.8, 4) is 0 Å². The van der Waals surface area contributed by atoms with Gasteiger partial charge in [-0.05, 0) is 109 Å². The predicted octanol–water partition coefficient (Wildman–Crippen LogP) is 17.1. The van der Waals surface area contributed by atoms with E-state index in [2.05, 4.69) is 64.1 Å². The van der Waals surface area contributed by atoms with E-state index in [1.54, 1.807) is 12.1 Å². The van der Waals surface area contributed by atoms with Crippen LogP contribution >= 0.6 is 0 Å². The van der Waals surface area contributed by atoms with E-state index in [1.807, 2.05) is 24.3 Å². The molecule has 0 saturated heterocycles. The van der Waals surface area contributed by atoms with Gasteiger partial charge in [0.25, 0.3) is 0 Å². The van der Waals surface area contributed by atoms with Gasteiger partial charge in [0.1, 0.15) is 12.2 Å². The van der Waals surface area contributed by atoms with Crippen molar-refractivity contribution in [1.82, 2.24) is 0 Å². The van der Waals surface area contributed by atoms with Crippen molar-refractivity contribution in [2.45, 2.75) is 220 Å². The Balaban J connectivity index is 1.31. The maximum absolute atomic E-state index is 14.2. The number of esters is 2. The number of hydrogen-bond donors (Lipinski definition) is 0. The smallest absolute Gasteiger partial charge is 0.339 e. The van der Waals surface area contributed by atoms with Gasteiger partial charge in [0.2, 0.25) is 0 Å². The van der Waals surface area contributed by atoms with Crippen LogP contribution in [0.1, 0.15) is 259 Å². The Morgan fingerprint density at radius 3 is 1.02 bits per heavy atom. The Hall–Kier alpha value is -3.92. The second-order valence-corrected chi connectivity index (χ2v) is 18.4. The SMILES string of the molecule is CCCCCCCCc1ccc(CCCCCCCC)c2c1C=CC2OC(=O)c1ccccc1C(=O)OC1C=Cc2c(CCCCCCCC)ccc(CCCCCCCC)c21. The van der Waals surface area contributed by atoms with Crippen molar-refractivity contribution in [3.63, 3.8) is 0 Å². The van der Waals surface area contributed by atoms with Gasteiger partial charge >= 0.3 is 11.9 Å². The van der Waals surface area contributed by atoms with Gasteiger partial charge in [0, 0.05) is 11.1 Å². The van der Waals surface area contributed by atoms with Crippen LogP contribution in [0.25, 0.3) is 12.2 Å². The number of aryl methyl sites for hydroxylation is 4. The van der Waals surface area contributed by atoms with Crippen molar-refractivity contribution in [3.05, 3.63) is 116 Å². The largest absolute Gasteiger partial charge is 0.450 e. The van der Waals surface area contributed by atoms with Gasteiger partial charge in [-0.15, -0.1) is 0 Å². The number of carbonyl (C=O) groups is 2. The highest BCUT2D eigenvalue weighted by Gasteiger charge is 2.31. The van der Waals surface area contributed by atoms with Crippen molar-refractivity contribution in [2.24, 2.45) is 0 Å². The molecule has 4 nitrogen and oxygen atoms in total. The first-order chi connectivity index (χ1) is 30.5. The van der Waals surface area contributed by atoms with E-state index in [-0.39, 0.29) is 11.1 Å². The lowest BCUT2D eigenvalue weighted by molar-refractivity contribution is 0.0347. The maximum Gasteiger partial charge on any atom is 0.339 e. The van der Waals surface area contributed by atoms with E-state index in [0.717, 1.165) is 49.7 Å². The second-order valence-electron chi connectivity index (χ2n) is 18.4. The number of benzene rings is 3. The molecule has 62 heavy (non-hydrogen) atoms. The zero-order valence-electron chi connectivity index (χ0n) is 39.5. The molecule has 3 aromatic carbocycles. The normalized spacial score (nSPS) is 15.0. The van der Waals surface area contributed by atoms with E-state index in [9.17, 15) is 9.59 Å². The molecular formula is C58H82O4. The zero-order chi connectivity index (χ0) is 43.8. The van der Waals surface area contributed by atoms with Crippen LogP contribution in [0.4, 0.5) is 0 Å². The summed E-state index contributed by atoms with van der Waals surface area (Å²) in [6.07, 6.45) is 41.5. The Morgan fingerprint density at radius 1 is 0.387 bits per heavy atom. The van der Waals surface area contributed by atoms with Gasteiger partial charge < -0.3 is 9.47 Å². The molecule has 0 heterocycles. The van der Waals surface area contributed by atoms with Crippen LogP contribution in [0.3, 0.4) is 0 Å². The van der Waals surface area contributed by atoms with Crippen molar-refractivity contribution in [2.75, 3.05) is 0 Å². The maximum atomic E-state index is 14.2. The summed E-state index contributed by atoms with van der Waals surface area (Å²) in [6, 6.07) is 16.3. The van der Waals surface area contributed by atoms with E-state index < -0.39 is 24.1 Å². The van der Waals surface area contributed by atoms with Crippen molar-refractivity contribution in [1.29, 1.82) is 0 Å². The third-order valence-electron chi connectivity index (χ3n) is 13.4. The number of ether oxygens (including phenoxy) is 2. The predicted molar refractivity (Wildman–Crippen MR) is 262 cm³/mol. The summed E-state index contributed by atoms with van der Waals surface area (Å²) in [7, 11) is 0. The average molecular weight is 843 g/mol. The van der Waals surface area contributed by atoms with Gasteiger partial charge in [-0.1, -0.05) is 205 Å². The molecule has 0 N–H and O–H groups in total. The minimum absolute atomic E-state index is 0.256. The molecule has 0 amide bonds. The third-order valence-corrected chi connectivity index (χ3v) is 13.4. The molecule has 2 atom stereocenters. The fraction of sp³-hybridized carbons (Fsp3) is 0.586. The van der Waals surface area contributed by atoms with Crippen LogP contribution in [-0.2, 0) is 35.2 Å². The molecule has 0 aliphatic heterocycles. The Morgan fingerprint density at radius 2 is 0.677 bits per heavy atom. The molecule has 0 spiro atoms. The van der Waals surface area contributed by atoms with E-state index in [0.29, 0.717) is 0 Å². The van der Waals surface area contributed by atoms with Crippen LogP contribution in [0.2, 0.25) is 0 Å². The molecule has 4 heteroatoms. The summed E-state index contributed by atoms with van der Waals surface area (Å²) in [5.74, 6) is -0.974. The summed E-state index contributed by atoms with van der Waals surface area (Å²) in [5, 5.41) is 0. The first kappa shape index (κ1) is 49.1. The van der Waals surface area contributed by atoms with Gasteiger partial charge in [0.15, 0.2) is 0 Å². The molecule has 3 aromatic rings. The van der Waals surface area contributed by atoms with Crippen LogP contribution in [0, 0.1) is 0 Å². The molecule has 0 saturated carbocycles. The van der Waals surface area contributed by atoms with E-state index in [4.69, 9.17) is 9.47 Å². The zero-order valence-corrected chi connectivity index (χ0v) is 39.5. The lowest BCUT2D eigenvalue weighted by atomic mass is 9.91. The van der Waals surface area contributed by atoms with Crippen LogP contribution in [0.15, 0.2) is 60.7 Å². The molecule has 0 bridgehead atoms. The molecule has 2 aliphatic carbocycles. The Kier molecular flexibility index (Phi) is 22.2. The topological polar surface area (TPSA) is 52.6 Å². The minimum Gasteiger partial charge on any atom is -0.450 e. The quantitative estimate of drug-likeness (QED) is 0.0464. The van der Waals surface area contributed by atoms with Crippen molar-refractivity contribution >= 4 is 24.1 Å². The fourth-order valence-corrected chi connectivity index (χ4v) is 9.73. The minimum atomic E-state index is -0.487. The summed E-state index contributed by atoms with van der Waals surface area (Å²) < 4.78 is 12.8. The Bertz CT molecular complexity index is 1730. The van der Waals surface area contributed by atoms with Crippen LogP contribution < -0.4 is 0 Å². The van der Waals surface area contributed by atoms with Crippen LogP contribution in [0.5, 0.6) is 0 Å². The average Bonchev–Trinajstić information content (AvgIpc) is 3.91. The molecule has 0 radical (unpaired) electrons. The number of unbranched alkanes of at least 4 members (excludes halogenated alkanes) is 20. The van der Waals surface area contributed by atoms with Gasteiger partial charge in [-0.2, -0.15) is 0 Å². The third kappa shape index (κ3) is 14.8. The number of carbonyl (C=O) groups excluding carboxylic acids is 2. The molecule has 338 valence electrons. The second kappa shape index (κ2) is 28.0. The summed E-state index contributed by atoms with van der Waals surface area (Å²) in [5.41, 5.74) is 10.5. The molecule has 0 aromatic heterocycles. The molecule has 2 aliphatic rings. The lowest BCUT2D eigenvalue weighted by Crippen LogP contribution is -2.17. The summed E-state index contributed by atoms with van der Waals surface area (Å²) in [4.78, 5) is 28.5. The van der Waals surface area contributed by atoms with Gasteiger partial charge in [-0.3, -0.25) is 0 Å².